The van der Waals surface area contributed by atoms with Crippen molar-refractivity contribution in [2.45, 2.75) is 41.5 Å². The standard InChI is InChI=1S/C15H14O3.2C2H6/c1-10-8-13(9-11(2)14(10)16)18-15(17)12-6-4-3-5-7-12;2*1-2/h3-9,16H,1-2H3;2*1-2H3. The van der Waals surface area contributed by atoms with Crippen molar-refractivity contribution in [1.29, 1.82) is 0 Å². The molecule has 0 amide bonds. The summed E-state index contributed by atoms with van der Waals surface area (Å²) in [5, 5.41) is 9.64. The molecule has 0 heterocycles. The predicted octanol–water partition coefficient (Wildman–Crippen LogP) is 5.28. The number of hydrogen-bond donors (Lipinski definition) is 1. The molecule has 2 aromatic carbocycles. The predicted molar refractivity (Wildman–Crippen MR) is 91.7 cm³/mol. The number of carbonyl (C=O) groups excluding carboxylic acids is 1. The fraction of sp³-hybridized carbons (Fsp3) is 0.316. The number of carbonyl (C=O) groups is 1. The SMILES string of the molecule is CC.CC.Cc1cc(OC(=O)c2ccccc2)cc(C)c1O. The maximum atomic E-state index is 11.8. The van der Waals surface area contributed by atoms with E-state index in [4.69, 9.17) is 4.74 Å². The first-order chi connectivity index (χ1) is 10.6. The molecule has 0 bridgehead atoms. The summed E-state index contributed by atoms with van der Waals surface area (Å²) in [6.45, 7) is 11.5. The highest BCUT2D eigenvalue weighted by molar-refractivity contribution is 5.91. The molecule has 0 unspecified atom stereocenters. The lowest BCUT2D eigenvalue weighted by atomic mass is 10.1. The Balaban J connectivity index is 0.00000102. The van der Waals surface area contributed by atoms with Crippen LogP contribution in [0.3, 0.4) is 0 Å². The first kappa shape index (κ1) is 19.7. The van der Waals surface area contributed by atoms with E-state index >= 15 is 0 Å². The number of phenols is 1. The Morgan fingerprint density at radius 1 is 0.909 bits per heavy atom. The van der Waals surface area contributed by atoms with Gasteiger partial charge >= 0.3 is 5.97 Å². The molecule has 0 aliphatic rings. The van der Waals surface area contributed by atoms with Crippen LogP contribution in [0.1, 0.15) is 49.2 Å². The molecule has 0 fully saturated rings. The molecule has 0 aliphatic heterocycles. The summed E-state index contributed by atoms with van der Waals surface area (Å²) in [6, 6.07) is 12.1. The highest BCUT2D eigenvalue weighted by Crippen LogP contribution is 2.27. The Morgan fingerprint density at radius 2 is 1.36 bits per heavy atom. The summed E-state index contributed by atoms with van der Waals surface area (Å²) in [4.78, 5) is 11.8. The Labute approximate surface area is 133 Å². The number of aryl methyl sites for hydroxylation is 2. The molecular formula is C19H26O3. The van der Waals surface area contributed by atoms with E-state index in [-0.39, 0.29) is 5.75 Å². The van der Waals surface area contributed by atoms with Gasteiger partial charge < -0.3 is 9.84 Å². The number of ether oxygens (including phenoxy) is 1. The van der Waals surface area contributed by atoms with Crippen LogP contribution in [-0.2, 0) is 0 Å². The average molecular weight is 302 g/mol. The number of rotatable bonds is 2. The smallest absolute Gasteiger partial charge is 0.343 e. The van der Waals surface area contributed by atoms with Gasteiger partial charge in [0.15, 0.2) is 0 Å². The molecule has 0 saturated carbocycles. The Hall–Kier alpha value is -2.29. The zero-order chi connectivity index (χ0) is 17.1. The van der Waals surface area contributed by atoms with Crippen LogP contribution in [0, 0.1) is 13.8 Å². The van der Waals surface area contributed by atoms with Gasteiger partial charge in [0.25, 0.3) is 0 Å². The second-order valence-electron chi connectivity index (χ2n) is 4.16. The summed E-state index contributed by atoms with van der Waals surface area (Å²) < 4.78 is 5.27. The van der Waals surface area contributed by atoms with Gasteiger partial charge in [-0.15, -0.1) is 0 Å². The van der Waals surface area contributed by atoms with Crippen LogP contribution < -0.4 is 4.74 Å². The average Bonchev–Trinajstić information content (AvgIpc) is 2.57. The number of benzene rings is 2. The number of phenolic OH excluding ortho intramolecular Hbond substituents is 1. The largest absolute Gasteiger partial charge is 0.507 e. The van der Waals surface area contributed by atoms with Crippen molar-refractivity contribution in [3.8, 4) is 11.5 Å². The minimum absolute atomic E-state index is 0.231. The molecule has 3 heteroatoms. The maximum absolute atomic E-state index is 11.8. The third-order valence-corrected chi connectivity index (χ3v) is 2.68. The molecule has 2 rings (SSSR count). The Bertz CT molecular complexity index is 551. The van der Waals surface area contributed by atoms with Crippen LogP contribution in [-0.4, -0.2) is 11.1 Å². The summed E-state index contributed by atoms with van der Waals surface area (Å²) in [5.74, 6) is 0.270. The van der Waals surface area contributed by atoms with Crippen LogP contribution >= 0.6 is 0 Å². The third kappa shape index (κ3) is 5.60. The van der Waals surface area contributed by atoms with E-state index in [0.717, 1.165) is 0 Å². The van der Waals surface area contributed by atoms with Crippen LogP contribution in [0.25, 0.3) is 0 Å². The third-order valence-electron chi connectivity index (χ3n) is 2.68. The van der Waals surface area contributed by atoms with E-state index in [9.17, 15) is 9.90 Å². The highest BCUT2D eigenvalue weighted by Gasteiger charge is 2.10. The minimum atomic E-state index is -0.403. The fourth-order valence-electron chi connectivity index (χ4n) is 1.72. The second kappa shape index (κ2) is 10.4. The second-order valence-corrected chi connectivity index (χ2v) is 4.16. The van der Waals surface area contributed by atoms with Crippen molar-refractivity contribution in [2.75, 3.05) is 0 Å². The van der Waals surface area contributed by atoms with Crippen molar-refractivity contribution in [1.82, 2.24) is 0 Å². The molecule has 120 valence electrons. The van der Waals surface area contributed by atoms with Crippen molar-refractivity contribution in [3.63, 3.8) is 0 Å². The lowest BCUT2D eigenvalue weighted by Crippen LogP contribution is -2.08. The van der Waals surface area contributed by atoms with Crippen LogP contribution in [0.2, 0.25) is 0 Å². The van der Waals surface area contributed by atoms with Gasteiger partial charge in [0.2, 0.25) is 0 Å². The van der Waals surface area contributed by atoms with E-state index in [2.05, 4.69) is 0 Å². The number of hydrogen-bond acceptors (Lipinski definition) is 3. The van der Waals surface area contributed by atoms with Gasteiger partial charge in [-0.05, 0) is 49.2 Å². The topological polar surface area (TPSA) is 46.5 Å². The normalized spacial score (nSPS) is 8.82. The van der Waals surface area contributed by atoms with Gasteiger partial charge in [0.1, 0.15) is 11.5 Å². The molecule has 0 spiro atoms. The van der Waals surface area contributed by atoms with Gasteiger partial charge in [-0.2, -0.15) is 0 Å². The van der Waals surface area contributed by atoms with E-state index in [1.807, 2.05) is 33.8 Å². The first-order valence-corrected chi connectivity index (χ1v) is 7.65. The van der Waals surface area contributed by atoms with Gasteiger partial charge in [-0.25, -0.2) is 4.79 Å². The van der Waals surface area contributed by atoms with Crippen LogP contribution in [0.15, 0.2) is 42.5 Å². The van der Waals surface area contributed by atoms with Crippen molar-refractivity contribution < 1.29 is 14.6 Å². The zero-order valence-corrected chi connectivity index (χ0v) is 14.3. The van der Waals surface area contributed by atoms with E-state index in [0.29, 0.717) is 22.4 Å². The molecule has 2 aromatic rings. The summed E-state index contributed by atoms with van der Waals surface area (Å²) >= 11 is 0. The molecular weight excluding hydrogens is 276 g/mol. The minimum Gasteiger partial charge on any atom is -0.507 e. The lowest BCUT2D eigenvalue weighted by molar-refractivity contribution is 0.0734. The first-order valence-electron chi connectivity index (χ1n) is 7.65. The summed E-state index contributed by atoms with van der Waals surface area (Å²) in [5.41, 5.74) is 1.87. The van der Waals surface area contributed by atoms with Gasteiger partial charge in [0, 0.05) is 0 Å². The van der Waals surface area contributed by atoms with Crippen molar-refractivity contribution >= 4 is 5.97 Å². The summed E-state index contributed by atoms with van der Waals surface area (Å²) in [6.07, 6.45) is 0. The Morgan fingerprint density at radius 3 is 1.82 bits per heavy atom. The van der Waals surface area contributed by atoms with Crippen molar-refractivity contribution in [2.24, 2.45) is 0 Å². The van der Waals surface area contributed by atoms with Crippen LogP contribution in [0.4, 0.5) is 0 Å². The number of esters is 1. The van der Waals surface area contributed by atoms with Gasteiger partial charge in [0.05, 0.1) is 5.56 Å². The van der Waals surface area contributed by atoms with Gasteiger partial charge in [-0.3, -0.25) is 0 Å². The molecule has 0 radical (unpaired) electrons. The molecule has 1 N–H and O–H groups in total. The van der Waals surface area contributed by atoms with Crippen molar-refractivity contribution in [3.05, 3.63) is 59.2 Å². The van der Waals surface area contributed by atoms with E-state index in [1.165, 1.54) is 0 Å². The molecule has 22 heavy (non-hydrogen) atoms. The molecule has 0 aliphatic carbocycles. The van der Waals surface area contributed by atoms with Gasteiger partial charge in [-0.1, -0.05) is 45.9 Å². The lowest BCUT2D eigenvalue weighted by Gasteiger charge is -2.08. The van der Waals surface area contributed by atoms with E-state index in [1.54, 1.807) is 50.2 Å². The molecule has 0 aromatic heterocycles. The highest BCUT2D eigenvalue weighted by atomic mass is 16.5. The Kier molecular flexibility index (Phi) is 9.35. The molecule has 3 nitrogen and oxygen atoms in total. The van der Waals surface area contributed by atoms with Crippen LogP contribution in [0.5, 0.6) is 11.5 Å². The van der Waals surface area contributed by atoms with E-state index < -0.39 is 5.97 Å². The monoisotopic (exact) mass is 302 g/mol. The molecule has 0 saturated heterocycles. The number of aromatic hydroxyl groups is 1. The quantitative estimate of drug-likeness (QED) is 0.606. The zero-order valence-electron chi connectivity index (χ0n) is 14.3. The maximum Gasteiger partial charge on any atom is 0.343 e. The summed E-state index contributed by atoms with van der Waals surface area (Å²) in [7, 11) is 0. The molecule has 0 atom stereocenters. The fourth-order valence-corrected chi connectivity index (χ4v) is 1.72.